The van der Waals surface area contributed by atoms with Crippen LogP contribution in [0.4, 0.5) is 0 Å². The summed E-state index contributed by atoms with van der Waals surface area (Å²) in [5.41, 5.74) is 1.34. The molecule has 6 heteroatoms. The van der Waals surface area contributed by atoms with E-state index in [4.69, 9.17) is 0 Å². The number of nitrogens with zero attached hydrogens (tertiary/aromatic N) is 4. The molecule has 0 spiro atoms. The lowest BCUT2D eigenvalue weighted by atomic mass is 9.89. The fraction of sp³-hybridized carbons (Fsp3) is 0.500. The minimum atomic E-state index is -0.126. The Balaban J connectivity index is 1.53. The molecule has 0 saturated carbocycles. The summed E-state index contributed by atoms with van der Waals surface area (Å²) in [5.74, 6) is 1.76. The molecule has 2 aromatic heterocycles. The van der Waals surface area contributed by atoms with E-state index >= 15 is 0 Å². The van der Waals surface area contributed by atoms with Gasteiger partial charge in [0, 0.05) is 0 Å². The number of hydrogen-bond donors (Lipinski definition) is 1. The van der Waals surface area contributed by atoms with Crippen LogP contribution in [0.1, 0.15) is 55.9 Å². The maximum atomic E-state index is 4.49. The molecule has 1 aliphatic heterocycles. The first-order chi connectivity index (χ1) is 13.5. The van der Waals surface area contributed by atoms with Crippen molar-refractivity contribution in [2.24, 2.45) is 5.92 Å². The Hall–Kier alpha value is -2.05. The number of piperidine rings is 1. The summed E-state index contributed by atoms with van der Waals surface area (Å²) in [6.07, 6.45) is 3.70. The highest BCUT2D eigenvalue weighted by atomic mass is 32.1. The average Bonchev–Trinajstić information content (AvgIpc) is 3.37. The third-order valence-corrected chi connectivity index (χ3v) is 6.67. The summed E-state index contributed by atoms with van der Waals surface area (Å²) in [5, 5.41) is 15.0. The lowest BCUT2D eigenvalue weighted by molar-refractivity contribution is -0.932. The van der Waals surface area contributed by atoms with Gasteiger partial charge in [0.05, 0.1) is 23.5 Å². The summed E-state index contributed by atoms with van der Waals surface area (Å²) in [6.45, 7) is 8.83. The van der Waals surface area contributed by atoms with Crippen LogP contribution in [0.25, 0.3) is 0 Å². The van der Waals surface area contributed by atoms with Crippen molar-refractivity contribution in [3.8, 4) is 0 Å². The van der Waals surface area contributed by atoms with Crippen LogP contribution in [0, 0.1) is 5.92 Å². The second kappa shape index (κ2) is 8.13. The Bertz CT molecular complexity index is 858. The molecule has 1 saturated heterocycles. The second-order valence-corrected chi connectivity index (χ2v) is 9.84. The molecule has 1 N–H and O–H groups in total. The minimum Gasteiger partial charge on any atom is -0.322 e. The molecule has 1 fully saturated rings. The zero-order valence-corrected chi connectivity index (χ0v) is 17.8. The van der Waals surface area contributed by atoms with Gasteiger partial charge in [-0.3, -0.25) is 0 Å². The third kappa shape index (κ3) is 4.18. The summed E-state index contributed by atoms with van der Waals surface area (Å²) in [7, 11) is 0. The van der Waals surface area contributed by atoms with Gasteiger partial charge < -0.3 is 4.90 Å². The van der Waals surface area contributed by atoms with Crippen LogP contribution in [-0.2, 0) is 12.0 Å². The highest BCUT2D eigenvalue weighted by Gasteiger charge is 2.37. The number of nitrogens with one attached hydrogen (secondary N) is 1. The van der Waals surface area contributed by atoms with Gasteiger partial charge in [0.15, 0.2) is 6.04 Å². The zero-order chi connectivity index (χ0) is 19.6. The molecule has 28 heavy (non-hydrogen) atoms. The van der Waals surface area contributed by atoms with Crippen molar-refractivity contribution in [2.75, 3.05) is 13.1 Å². The van der Waals surface area contributed by atoms with Gasteiger partial charge in [0.25, 0.3) is 0 Å². The van der Waals surface area contributed by atoms with Crippen molar-refractivity contribution in [3.05, 3.63) is 64.1 Å². The standard InChI is InChI=1S/C22H29N5S/c1-22(2,3)27-21(23-24-25-27)20(19-10-7-15-28-19)26-13-11-18(12-14-26)16-17-8-5-4-6-9-17/h4-10,15,18,20H,11-14,16H2,1-3H3/p+1/t20-/m1/s1. The van der Waals surface area contributed by atoms with Crippen LogP contribution in [-0.4, -0.2) is 33.3 Å². The monoisotopic (exact) mass is 396 g/mol. The Labute approximate surface area is 171 Å². The normalized spacial score (nSPS) is 21.5. The van der Waals surface area contributed by atoms with Crippen LogP contribution >= 0.6 is 11.3 Å². The lowest BCUT2D eigenvalue weighted by Gasteiger charge is -2.34. The Morgan fingerprint density at radius 3 is 2.50 bits per heavy atom. The van der Waals surface area contributed by atoms with Crippen molar-refractivity contribution in [1.29, 1.82) is 0 Å². The van der Waals surface area contributed by atoms with E-state index in [9.17, 15) is 0 Å². The minimum absolute atomic E-state index is 0.126. The molecular formula is C22H30N5S+. The molecule has 3 heterocycles. The SMILES string of the molecule is CC(C)(C)n1nnnc1[C@@H](c1cccs1)[NH+]1CCC(Cc2ccccc2)CC1. The van der Waals surface area contributed by atoms with Gasteiger partial charge in [-0.1, -0.05) is 36.4 Å². The highest BCUT2D eigenvalue weighted by molar-refractivity contribution is 7.10. The fourth-order valence-corrected chi connectivity index (χ4v) is 5.19. The first-order valence-corrected chi connectivity index (χ1v) is 11.1. The molecule has 1 aliphatic rings. The van der Waals surface area contributed by atoms with Gasteiger partial charge in [-0.25, -0.2) is 4.68 Å². The number of hydrogen-bond acceptors (Lipinski definition) is 4. The van der Waals surface area contributed by atoms with Gasteiger partial charge in [0.2, 0.25) is 5.82 Å². The molecule has 0 amide bonds. The number of aromatic nitrogens is 4. The maximum absolute atomic E-state index is 4.49. The molecule has 1 atom stereocenters. The zero-order valence-electron chi connectivity index (χ0n) is 17.0. The predicted molar refractivity (Wildman–Crippen MR) is 113 cm³/mol. The molecule has 4 rings (SSSR count). The number of thiophene rings is 1. The Morgan fingerprint density at radius 2 is 1.86 bits per heavy atom. The van der Waals surface area contributed by atoms with Gasteiger partial charge in [-0.15, -0.1) is 16.4 Å². The van der Waals surface area contributed by atoms with E-state index in [1.807, 2.05) is 16.0 Å². The Morgan fingerprint density at radius 1 is 1.11 bits per heavy atom. The largest absolute Gasteiger partial charge is 0.322 e. The summed E-state index contributed by atoms with van der Waals surface area (Å²) < 4.78 is 2.01. The second-order valence-electron chi connectivity index (χ2n) is 8.86. The number of quaternary nitrogens is 1. The van der Waals surface area contributed by atoms with Crippen molar-refractivity contribution in [2.45, 2.75) is 51.6 Å². The van der Waals surface area contributed by atoms with Crippen molar-refractivity contribution in [3.63, 3.8) is 0 Å². The van der Waals surface area contributed by atoms with Crippen molar-refractivity contribution >= 4 is 11.3 Å². The molecule has 0 unspecified atom stereocenters. The number of rotatable bonds is 5. The van der Waals surface area contributed by atoms with Crippen LogP contribution in [0.5, 0.6) is 0 Å². The third-order valence-electron chi connectivity index (χ3n) is 5.74. The molecule has 1 aromatic carbocycles. The summed E-state index contributed by atoms with van der Waals surface area (Å²) in [4.78, 5) is 2.95. The molecule has 0 aliphatic carbocycles. The molecule has 0 bridgehead atoms. The van der Waals surface area contributed by atoms with E-state index in [-0.39, 0.29) is 11.6 Å². The predicted octanol–water partition coefficient (Wildman–Crippen LogP) is 3.12. The van der Waals surface area contributed by atoms with Crippen LogP contribution in [0.3, 0.4) is 0 Å². The van der Waals surface area contributed by atoms with Gasteiger partial charge in [0.1, 0.15) is 0 Å². The van der Waals surface area contributed by atoms with Gasteiger partial charge >= 0.3 is 0 Å². The quantitative estimate of drug-likeness (QED) is 0.721. The molecule has 5 nitrogen and oxygen atoms in total. The summed E-state index contributed by atoms with van der Waals surface area (Å²) >= 11 is 1.82. The van der Waals surface area contributed by atoms with E-state index < -0.39 is 0 Å². The lowest BCUT2D eigenvalue weighted by Crippen LogP contribution is -3.13. The van der Waals surface area contributed by atoms with Crippen LogP contribution < -0.4 is 4.90 Å². The van der Waals surface area contributed by atoms with Crippen LogP contribution in [0.15, 0.2) is 47.8 Å². The molecular weight excluding hydrogens is 366 g/mol. The summed E-state index contributed by atoms with van der Waals surface area (Å²) in [6, 6.07) is 15.5. The maximum Gasteiger partial charge on any atom is 0.215 e. The number of tetrazole rings is 1. The molecule has 3 aromatic rings. The van der Waals surface area contributed by atoms with Crippen molar-refractivity contribution < 1.29 is 4.90 Å². The van der Waals surface area contributed by atoms with E-state index in [2.05, 4.69) is 84.1 Å². The van der Waals surface area contributed by atoms with Gasteiger partial charge in [-0.05, 0) is 73.4 Å². The Kier molecular flexibility index (Phi) is 5.60. The molecule has 148 valence electrons. The highest BCUT2D eigenvalue weighted by Crippen LogP contribution is 2.26. The average molecular weight is 397 g/mol. The fourth-order valence-electron chi connectivity index (χ4n) is 4.31. The number of likely N-dealkylation sites (tertiary alicyclic amines) is 1. The van der Waals surface area contributed by atoms with Crippen molar-refractivity contribution in [1.82, 2.24) is 20.2 Å². The first-order valence-electron chi connectivity index (χ1n) is 10.2. The molecule has 0 radical (unpaired) electrons. The topological polar surface area (TPSA) is 48.0 Å². The van der Waals surface area contributed by atoms with E-state index in [1.165, 1.54) is 29.7 Å². The smallest absolute Gasteiger partial charge is 0.215 e. The first kappa shape index (κ1) is 19.3. The van der Waals surface area contributed by atoms with E-state index in [1.54, 1.807) is 4.90 Å². The van der Waals surface area contributed by atoms with E-state index in [0.717, 1.165) is 24.8 Å². The van der Waals surface area contributed by atoms with Crippen LogP contribution in [0.2, 0.25) is 0 Å². The van der Waals surface area contributed by atoms with Gasteiger partial charge in [-0.2, -0.15) is 0 Å². The van der Waals surface area contributed by atoms with E-state index in [0.29, 0.717) is 0 Å². The number of benzene rings is 1.